The summed E-state index contributed by atoms with van der Waals surface area (Å²) in [6, 6.07) is 4.37. The van der Waals surface area contributed by atoms with Crippen LogP contribution in [0.2, 0.25) is 15.3 Å². The summed E-state index contributed by atoms with van der Waals surface area (Å²) >= 11 is 18.6. The van der Waals surface area contributed by atoms with Gasteiger partial charge in [0.1, 0.15) is 21.7 Å². The van der Waals surface area contributed by atoms with Crippen molar-refractivity contribution in [2.75, 3.05) is 6.61 Å². The second-order valence-electron chi connectivity index (χ2n) is 5.06. The average molecular weight is 403 g/mol. The summed E-state index contributed by atoms with van der Waals surface area (Å²) in [5, 5.41) is 4.44. The number of carbonyl (C=O) groups excluding carboxylic acids is 1. The van der Waals surface area contributed by atoms with E-state index in [0.29, 0.717) is 5.56 Å². The largest absolute Gasteiger partial charge is 0.462 e. The smallest absolute Gasteiger partial charge is 0.343 e. The number of esters is 1. The van der Waals surface area contributed by atoms with E-state index >= 15 is 0 Å². The lowest BCUT2D eigenvalue weighted by Gasteiger charge is -2.10. The van der Waals surface area contributed by atoms with E-state index in [1.807, 2.05) is 0 Å². The summed E-state index contributed by atoms with van der Waals surface area (Å²) in [6.45, 7) is 1.90. The number of hydrogen-bond acceptors (Lipinski definition) is 4. The summed E-state index contributed by atoms with van der Waals surface area (Å²) in [4.78, 5) is 16.1. The topological polar surface area (TPSA) is 56.5 Å². The van der Waals surface area contributed by atoms with Crippen LogP contribution in [0.3, 0.4) is 0 Å². The lowest BCUT2D eigenvalue weighted by Crippen LogP contribution is -2.07. The molecule has 2 aromatic heterocycles. The molecule has 0 aliphatic rings. The van der Waals surface area contributed by atoms with E-state index in [1.165, 1.54) is 22.8 Å². The van der Waals surface area contributed by atoms with Crippen molar-refractivity contribution >= 4 is 46.4 Å². The molecule has 0 unspecified atom stereocenters. The van der Waals surface area contributed by atoms with Gasteiger partial charge in [0.15, 0.2) is 5.65 Å². The molecule has 3 aromatic rings. The molecule has 0 aliphatic heterocycles. The van der Waals surface area contributed by atoms with E-state index in [2.05, 4.69) is 10.1 Å². The van der Waals surface area contributed by atoms with Crippen molar-refractivity contribution in [1.82, 2.24) is 14.6 Å². The summed E-state index contributed by atoms with van der Waals surface area (Å²) in [7, 11) is 0. The standard InChI is InChI=1S/C16H11Cl3FN3O2/c1-2-25-16(24)10-7-21-23-14(19)9(13(18)22-15(10)23)6-8-11(17)4-3-5-12(8)20/h3-5,7H,2,6H2,1H3. The number of aromatic nitrogens is 3. The van der Waals surface area contributed by atoms with Gasteiger partial charge < -0.3 is 4.74 Å². The predicted molar refractivity (Wildman–Crippen MR) is 93.2 cm³/mol. The van der Waals surface area contributed by atoms with Gasteiger partial charge in [-0.2, -0.15) is 5.10 Å². The normalized spacial score (nSPS) is 11.1. The lowest BCUT2D eigenvalue weighted by atomic mass is 10.1. The zero-order valence-electron chi connectivity index (χ0n) is 12.9. The van der Waals surface area contributed by atoms with E-state index in [4.69, 9.17) is 39.5 Å². The first-order valence-electron chi connectivity index (χ1n) is 7.25. The van der Waals surface area contributed by atoms with E-state index in [9.17, 15) is 9.18 Å². The molecule has 0 N–H and O–H groups in total. The molecule has 0 atom stereocenters. The van der Waals surface area contributed by atoms with Gasteiger partial charge in [-0.05, 0) is 19.1 Å². The Morgan fingerprint density at radius 1 is 1.28 bits per heavy atom. The number of hydrogen-bond donors (Lipinski definition) is 0. The van der Waals surface area contributed by atoms with Gasteiger partial charge in [0, 0.05) is 22.6 Å². The Hall–Kier alpha value is -1.89. The first-order chi connectivity index (χ1) is 11.9. The second kappa shape index (κ2) is 7.15. The van der Waals surface area contributed by atoms with Gasteiger partial charge in [0.25, 0.3) is 0 Å². The van der Waals surface area contributed by atoms with Crippen LogP contribution in [-0.4, -0.2) is 27.2 Å². The molecule has 0 saturated heterocycles. The fraction of sp³-hybridized carbons (Fsp3) is 0.188. The highest BCUT2D eigenvalue weighted by molar-refractivity contribution is 6.35. The number of ether oxygens (including phenoxy) is 1. The maximum Gasteiger partial charge on any atom is 0.343 e. The van der Waals surface area contributed by atoms with Gasteiger partial charge in [0.05, 0.1) is 12.8 Å². The van der Waals surface area contributed by atoms with Crippen LogP contribution in [0, 0.1) is 5.82 Å². The summed E-state index contributed by atoms with van der Waals surface area (Å²) in [6.07, 6.45) is 1.32. The maximum absolute atomic E-state index is 14.0. The Labute approximate surface area is 157 Å². The van der Waals surface area contributed by atoms with Crippen molar-refractivity contribution in [3.8, 4) is 0 Å². The van der Waals surface area contributed by atoms with Crippen LogP contribution in [0.5, 0.6) is 0 Å². The zero-order valence-corrected chi connectivity index (χ0v) is 15.2. The first-order valence-corrected chi connectivity index (χ1v) is 8.39. The number of halogens is 4. The van der Waals surface area contributed by atoms with Crippen LogP contribution in [0.25, 0.3) is 5.65 Å². The molecule has 130 valence electrons. The fourth-order valence-corrected chi connectivity index (χ4v) is 3.14. The second-order valence-corrected chi connectivity index (χ2v) is 6.19. The molecule has 0 aliphatic carbocycles. The van der Waals surface area contributed by atoms with Crippen LogP contribution in [0.4, 0.5) is 4.39 Å². The van der Waals surface area contributed by atoms with Crippen molar-refractivity contribution < 1.29 is 13.9 Å². The molecule has 2 heterocycles. The van der Waals surface area contributed by atoms with Gasteiger partial charge in [-0.3, -0.25) is 0 Å². The Bertz CT molecular complexity index is 955. The molecule has 0 spiro atoms. The molecule has 1 aromatic carbocycles. The van der Waals surface area contributed by atoms with Crippen molar-refractivity contribution in [3.05, 3.63) is 62.2 Å². The third kappa shape index (κ3) is 3.29. The molecule has 25 heavy (non-hydrogen) atoms. The third-order valence-electron chi connectivity index (χ3n) is 3.54. The maximum atomic E-state index is 14.0. The highest BCUT2D eigenvalue weighted by atomic mass is 35.5. The van der Waals surface area contributed by atoms with Crippen LogP contribution >= 0.6 is 34.8 Å². The predicted octanol–water partition coefficient (Wildman–Crippen LogP) is 4.60. The van der Waals surface area contributed by atoms with Gasteiger partial charge >= 0.3 is 5.97 Å². The lowest BCUT2D eigenvalue weighted by molar-refractivity contribution is 0.0528. The number of nitrogens with zero attached hydrogens (tertiary/aromatic N) is 3. The van der Waals surface area contributed by atoms with E-state index in [1.54, 1.807) is 13.0 Å². The van der Waals surface area contributed by atoms with E-state index < -0.39 is 11.8 Å². The van der Waals surface area contributed by atoms with Crippen molar-refractivity contribution in [3.63, 3.8) is 0 Å². The molecule has 0 fully saturated rings. The van der Waals surface area contributed by atoms with Crippen LogP contribution in [0.15, 0.2) is 24.4 Å². The molecule has 9 heteroatoms. The number of rotatable bonds is 4. The van der Waals surface area contributed by atoms with Crippen LogP contribution in [0.1, 0.15) is 28.4 Å². The quantitative estimate of drug-likeness (QED) is 0.473. The number of benzene rings is 1. The monoisotopic (exact) mass is 401 g/mol. The SMILES string of the molecule is CCOC(=O)c1cnn2c(Cl)c(Cc3c(F)cccc3Cl)c(Cl)nc12. The Morgan fingerprint density at radius 3 is 2.72 bits per heavy atom. The fourth-order valence-electron chi connectivity index (χ4n) is 2.34. The van der Waals surface area contributed by atoms with E-state index in [-0.39, 0.29) is 45.1 Å². The Kier molecular flexibility index (Phi) is 5.13. The van der Waals surface area contributed by atoms with Crippen molar-refractivity contribution in [2.45, 2.75) is 13.3 Å². The van der Waals surface area contributed by atoms with Crippen LogP contribution in [-0.2, 0) is 11.2 Å². The summed E-state index contributed by atoms with van der Waals surface area (Å²) in [5.41, 5.74) is 0.895. The average Bonchev–Trinajstić information content (AvgIpc) is 2.98. The summed E-state index contributed by atoms with van der Waals surface area (Å²) < 4.78 is 20.2. The molecule has 0 radical (unpaired) electrons. The molecule has 0 saturated carbocycles. The number of fused-ring (bicyclic) bond motifs is 1. The minimum atomic E-state index is -0.581. The van der Waals surface area contributed by atoms with Crippen LogP contribution < -0.4 is 0 Å². The van der Waals surface area contributed by atoms with Crippen molar-refractivity contribution in [2.24, 2.45) is 0 Å². The minimum absolute atomic E-state index is 0.0285. The Morgan fingerprint density at radius 2 is 2.04 bits per heavy atom. The van der Waals surface area contributed by atoms with Gasteiger partial charge in [-0.25, -0.2) is 18.7 Å². The first kappa shape index (κ1) is 17.9. The van der Waals surface area contributed by atoms with E-state index in [0.717, 1.165) is 0 Å². The molecule has 0 bridgehead atoms. The zero-order chi connectivity index (χ0) is 18.1. The minimum Gasteiger partial charge on any atom is -0.462 e. The van der Waals surface area contributed by atoms with Gasteiger partial charge in [-0.15, -0.1) is 0 Å². The van der Waals surface area contributed by atoms with Gasteiger partial charge in [-0.1, -0.05) is 40.9 Å². The highest BCUT2D eigenvalue weighted by Crippen LogP contribution is 2.31. The van der Waals surface area contributed by atoms with Gasteiger partial charge in [0.2, 0.25) is 0 Å². The van der Waals surface area contributed by atoms with Crippen molar-refractivity contribution in [1.29, 1.82) is 0 Å². The molecular weight excluding hydrogens is 392 g/mol. The molecule has 3 rings (SSSR count). The summed E-state index contributed by atoms with van der Waals surface area (Å²) in [5.74, 6) is -1.06. The highest BCUT2D eigenvalue weighted by Gasteiger charge is 2.22. The Balaban J connectivity index is 2.11. The third-order valence-corrected chi connectivity index (χ3v) is 4.60. The molecule has 0 amide bonds. The molecule has 5 nitrogen and oxygen atoms in total. The molecular formula is C16H11Cl3FN3O2. The number of carbonyl (C=O) groups is 1.